The van der Waals surface area contributed by atoms with Gasteiger partial charge in [-0.3, -0.25) is 14.4 Å². The lowest BCUT2D eigenvalue weighted by atomic mass is 9.39. The fraction of sp³-hybridized carbons (Fsp3) is 0.792. The first kappa shape index (κ1) is 21.8. The summed E-state index contributed by atoms with van der Waals surface area (Å²) in [6, 6.07) is 0. The molecular formula is C24H34O6. The smallest absolute Gasteiger partial charge is 0.169 e. The number of hydrogen-bond acceptors (Lipinski definition) is 6. The van der Waals surface area contributed by atoms with E-state index in [2.05, 4.69) is 0 Å². The zero-order valence-corrected chi connectivity index (χ0v) is 18.8. The van der Waals surface area contributed by atoms with Crippen molar-refractivity contribution < 1.29 is 29.7 Å². The molecule has 4 aliphatic rings. The van der Waals surface area contributed by atoms with E-state index in [9.17, 15) is 29.7 Å². The van der Waals surface area contributed by atoms with Crippen molar-refractivity contribution in [3.63, 3.8) is 0 Å². The van der Waals surface area contributed by atoms with Crippen molar-refractivity contribution in [1.29, 1.82) is 0 Å². The number of fused-ring (bicyclic) bond motifs is 5. The van der Waals surface area contributed by atoms with Gasteiger partial charge in [0.25, 0.3) is 0 Å². The Balaban J connectivity index is 2.00. The van der Waals surface area contributed by atoms with Crippen molar-refractivity contribution in [2.45, 2.75) is 85.0 Å². The van der Waals surface area contributed by atoms with Crippen LogP contribution in [0.25, 0.3) is 0 Å². The van der Waals surface area contributed by atoms with Crippen LogP contribution in [0, 0.1) is 33.5 Å². The lowest BCUT2D eigenvalue weighted by molar-refractivity contribution is -0.203. The number of aliphatic hydroxyl groups is 3. The summed E-state index contributed by atoms with van der Waals surface area (Å²) < 4.78 is 0. The largest absolute Gasteiger partial charge is 0.393 e. The summed E-state index contributed by atoms with van der Waals surface area (Å²) in [4.78, 5) is 39.7. The molecule has 0 aromatic rings. The van der Waals surface area contributed by atoms with Gasteiger partial charge in [0.1, 0.15) is 5.78 Å². The Kier molecular flexibility index (Phi) is 4.30. The zero-order chi connectivity index (χ0) is 22.7. The molecule has 166 valence electrons. The zero-order valence-electron chi connectivity index (χ0n) is 18.8. The van der Waals surface area contributed by atoms with Crippen LogP contribution in [-0.2, 0) is 14.4 Å². The van der Waals surface area contributed by atoms with E-state index in [4.69, 9.17) is 0 Å². The Hall–Kier alpha value is -1.37. The van der Waals surface area contributed by atoms with Crippen LogP contribution >= 0.6 is 0 Å². The third kappa shape index (κ3) is 2.04. The maximum atomic E-state index is 13.7. The normalized spacial score (nSPS) is 52.2. The van der Waals surface area contributed by atoms with Crippen LogP contribution in [0.15, 0.2) is 11.6 Å². The first-order chi connectivity index (χ1) is 13.6. The Morgan fingerprint density at radius 2 is 1.67 bits per heavy atom. The average molecular weight is 419 g/mol. The molecule has 6 nitrogen and oxygen atoms in total. The highest BCUT2D eigenvalue weighted by atomic mass is 16.3. The summed E-state index contributed by atoms with van der Waals surface area (Å²) in [6.07, 6.45) is 0.821. The van der Waals surface area contributed by atoms with Crippen molar-refractivity contribution in [2.75, 3.05) is 0 Å². The second-order valence-electron chi connectivity index (χ2n) is 11.4. The van der Waals surface area contributed by atoms with Crippen molar-refractivity contribution >= 4 is 17.3 Å². The molecule has 0 aliphatic heterocycles. The van der Waals surface area contributed by atoms with Crippen molar-refractivity contribution in [1.82, 2.24) is 0 Å². The molecule has 0 saturated heterocycles. The third-order valence-electron chi connectivity index (χ3n) is 10.2. The van der Waals surface area contributed by atoms with E-state index in [-0.39, 0.29) is 30.3 Å². The average Bonchev–Trinajstić information content (AvgIpc) is 2.88. The van der Waals surface area contributed by atoms with Crippen molar-refractivity contribution in [2.24, 2.45) is 33.5 Å². The van der Waals surface area contributed by atoms with Crippen molar-refractivity contribution in [3.8, 4) is 0 Å². The molecular weight excluding hydrogens is 384 g/mol. The monoisotopic (exact) mass is 418 g/mol. The minimum atomic E-state index is -2.02. The molecule has 0 heterocycles. The van der Waals surface area contributed by atoms with E-state index in [1.54, 1.807) is 13.8 Å². The highest BCUT2D eigenvalue weighted by molar-refractivity contribution is 6.07. The second kappa shape index (κ2) is 5.90. The molecule has 30 heavy (non-hydrogen) atoms. The number of ketones is 3. The van der Waals surface area contributed by atoms with E-state index >= 15 is 0 Å². The number of hydrogen-bond donors (Lipinski definition) is 3. The van der Waals surface area contributed by atoms with Crippen LogP contribution in [-0.4, -0.2) is 50.5 Å². The Bertz CT molecular complexity index is 888. The van der Waals surface area contributed by atoms with Gasteiger partial charge in [0.15, 0.2) is 17.2 Å². The first-order valence-corrected chi connectivity index (χ1v) is 11.0. The standard InChI is InChI=1S/C24H34O6/c1-12(25)13-9-18(28)23(6)22(13,5)17(27)11-15-21(4)8-7-16(26)20(2,3)14(21)10-19(29)24(15,23)30/h11,13-14,16,18,26,28,30H,7-10H2,1-6H3. The predicted octanol–water partition coefficient (Wildman–Crippen LogP) is 1.99. The molecule has 4 aliphatic carbocycles. The van der Waals surface area contributed by atoms with Gasteiger partial charge in [0.05, 0.1) is 17.6 Å². The van der Waals surface area contributed by atoms with Gasteiger partial charge in [0.2, 0.25) is 0 Å². The molecule has 0 spiro atoms. The van der Waals surface area contributed by atoms with Crippen LogP contribution in [0.4, 0.5) is 0 Å². The minimum absolute atomic E-state index is 0.0507. The van der Waals surface area contributed by atoms with Gasteiger partial charge in [-0.05, 0) is 54.6 Å². The highest BCUT2D eigenvalue weighted by Gasteiger charge is 2.79. The summed E-state index contributed by atoms with van der Waals surface area (Å²) in [5.74, 6) is -1.95. The number of carbonyl (C=O) groups is 3. The Labute approximate surface area is 177 Å². The quantitative estimate of drug-likeness (QED) is 0.600. The molecule has 4 rings (SSSR count). The summed E-state index contributed by atoms with van der Waals surface area (Å²) in [6.45, 7) is 10.5. The maximum Gasteiger partial charge on any atom is 0.169 e. The van der Waals surface area contributed by atoms with Gasteiger partial charge in [-0.25, -0.2) is 0 Å². The molecule has 0 amide bonds. The molecule has 0 radical (unpaired) electrons. The lowest BCUT2D eigenvalue weighted by Crippen LogP contribution is -2.73. The number of aliphatic hydroxyl groups excluding tert-OH is 2. The SMILES string of the molecule is CC(=O)C1CC(O)C2(C)C3(O)C(=O)CC4C(C)(CCC(O)C4(C)C)C3=CC(=O)C12C. The molecule has 6 heteroatoms. The summed E-state index contributed by atoms with van der Waals surface area (Å²) >= 11 is 0. The molecule has 3 fully saturated rings. The molecule has 0 aromatic heterocycles. The molecule has 0 aromatic carbocycles. The van der Waals surface area contributed by atoms with Crippen molar-refractivity contribution in [3.05, 3.63) is 11.6 Å². The second-order valence-corrected chi connectivity index (χ2v) is 11.4. The van der Waals surface area contributed by atoms with Crippen LogP contribution in [0.3, 0.4) is 0 Å². The Morgan fingerprint density at radius 3 is 2.23 bits per heavy atom. The van der Waals surface area contributed by atoms with Gasteiger partial charge >= 0.3 is 0 Å². The molecule has 8 atom stereocenters. The summed E-state index contributed by atoms with van der Waals surface area (Å²) in [5, 5.41) is 34.0. The lowest BCUT2D eigenvalue weighted by Gasteiger charge is -2.65. The fourth-order valence-corrected chi connectivity index (χ4v) is 7.88. The predicted molar refractivity (Wildman–Crippen MR) is 109 cm³/mol. The van der Waals surface area contributed by atoms with E-state index in [1.807, 2.05) is 20.8 Å². The molecule has 0 bridgehead atoms. The van der Waals surface area contributed by atoms with E-state index in [1.165, 1.54) is 13.0 Å². The number of carbonyl (C=O) groups excluding carboxylic acids is 3. The summed E-state index contributed by atoms with van der Waals surface area (Å²) in [5.41, 5.74) is -5.75. The topological polar surface area (TPSA) is 112 Å². The van der Waals surface area contributed by atoms with E-state index in [0.717, 1.165) is 0 Å². The number of Topliss-reactive ketones (excluding diaryl/α,β-unsaturated/α-hetero) is 2. The molecule has 3 N–H and O–H groups in total. The maximum absolute atomic E-state index is 13.7. The number of rotatable bonds is 1. The third-order valence-corrected chi connectivity index (χ3v) is 10.2. The minimum Gasteiger partial charge on any atom is -0.393 e. The highest BCUT2D eigenvalue weighted by Crippen LogP contribution is 2.72. The van der Waals surface area contributed by atoms with E-state index in [0.29, 0.717) is 18.4 Å². The fourth-order valence-electron chi connectivity index (χ4n) is 7.88. The van der Waals surface area contributed by atoms with Gasteiger partial charge in [0, 0.05) is 17.8 Å². The van der Waals surface area contributed by atoms with Gasteiger partial charge < -0.3 is 15.3 Å². The molecule has 8 unspecified atom stereocenters. The number of allylic oxidation sites excluding steroid dienone is 1. The Morgan fingerprint density at radius 1 is 1.07 bits per heavy atom. The van der Waals surface area contributed by atoms with Crippen LogP contribution in [0.5, 0.6) is 0 Å². The van der Waals surface area contributed by atoms with Gasteiger partial charge in [-0.15, -0.1) is 0 Å². The summed E-state index contributed by atoms with van der Waals surface area (Å²) in [7, 11) is 0. The van der Waals surface area contributed by atoms with Crippen LogP contribution in [0.2, 0.25) is 0 Å². The van der Waals surface area contributed by atoms with Gasteiger partial charge in [-0.2, -0.15) is 0 Å². The van der Waals surface area contributed by atoms with Gasteiger partial charge in [-0.1, -0.05) is 34.6 Å². The molecule has 3 saturated carbocycles. The van der Waals surface area contributed by atoms with Crippen LogP contribution in [0.1, 0.15) is 67.2 Å². The first-order valence-electron chi connectivity index (χ1n) is 11.0. The van der Waals surface area contributed by atoms with E-state index < -0.39 is 51.2 Å². The van der Waals surface area contributed by atoms with Crippen LogP contribution < -0.4 is 0 Å².